The van der Waals surface area contributed by atoms with Gasteiger partial charge in [0.15, 0.2) is 0 Å². The Morgan fingerprint density at radius 2 is 1.92 bits per heavy atom. The van der Waals surface area contributed by atoms with Gasteiger partial charge in [-0.2, -0.15) is 0 Å². The second kappa shape index (κ2) is 7.65. The summed E-state index contributed by atoms with van der Waals surface area (Å²) >= 11 is 5.92. The van der Waals surface area contributed by atoms with Gasteiger partial charge in [-0.25, -0.2) is 4.79 Å². The highest BCUT2D eigenvalue weighted by atomic mass is 35.5. The second-order valence-corrected chi connectivity index (χ2v) is 5.08. The molecule has 2 rings (SSSR count). The molecule has 8 heteroatoms. The Labute approximate surface area is 142 Å². The molecule has 0 spiro atoms. The highest BCUT2D eigenvalue weighted by Crippen LogP contribution is 2.26. The quantitative estimate of drug-likeness (QED) is 0.448. The van der Waals surface area contributed by atoms with Crippen molar-refractivity contribution in [2.45, 2.75) is 6.61 Å². The van der Waals surface area contributed by atoms with Crippen LogP contribution < -0.4 is 9.47 Å². The van der Waals surface area contributed by atoms with Crippen molar-refractivity contribution in [3.63, 3.8) is 0 Å². The summed E-state index contributed by atoms with van der Waals surface area (Å²) in [5.74, 6) is 0.331. The number of hydrogen-bond donors (Lipinski definition) is 0. The van der Waals surface area contributed by atoms with Crippen LogP contribution in [0.1, 0.15) is 15.9 Å². The van der Waals surface area contributed by atoms with Gasteiger partial charge in [-0.15, -0.1) is 0 Å². The van der Waals surface area contributed by atoms with Crippen LogP contribution in [0.5, 0.6) is 11.5 Å². The molecule has 7 nitrogen and oxygen atoms in total. The third kappa shape index (κ3) is 3.94. The van der Waals surface area contributed by atoms with Gasteiger partial charge in [0.05, 0.1) is 29.7 Å². The first-order valence-electron chi connectivity index (χ1n) is 6.78. The van der Waals surface area contributed by atoms with Crippen LogP contribution in [0.15, 0.2) is 36.4 Å². The number of hydrogen-bond acceptors (Lipinski definition) is 6. The lowest BCUT2D eigenvalue weighted by Crippen LogP contribution is -2.07. The van der Waals surface area contributed by atoms with E-state index in [0.29, 0.717) is 17.1 Å². The summed E-state index contributed by atoms with van der Waals surface area (Å²) in [5, 5.41) is 10.9. The van der Waals surface area contributed by atoms with Gasteiger partial charge in [0, 0.05) is 17.7 Å². The first-order valence-corrected chi connectivity index (χ1v) is 7.16. The molecule has 0 aliphatic rings. The minimum Gasteiger partial charge on any atom is -0.497 e. The van der Waals surface area contributed by atoms with Gasteiger partial charge < -0.3 is 14.2 Å². The van der Waals surface area contributed by atoms with Crippen molar-refractivity contribution in [3.8, 4) is 11.5 Å². The molecule has 0 amide bonds. The van der Waals surface area contributed by atoms with Crippen molar-refractivity contribution >= 4 is 23.3 Å². The van der Waals surface area contributed by atoms with E-state index in [9.17, 15) is 14.9 Å². The highest BCUT2D eigenvalue weighted by molar-refractivity contribution is 6.33. The van der Waals surface area contributed by atoms with Crippen molar-refractivity contribution in [1.29, 1.82) is 0 Å². The molecule has 0 atom stereocenters. The van der Waals surface area contributed by atoms with E-state index in [2.05, 4.69) is 0 Å². The summed E-state index contributed by atoms with van der Waals surface area (Å²) in [5.41, 5.74) is 0.268. The van der Waals surface area contributed by atoms with Crippen LogP contribution in [0, 0.1) is 10.1 Å². The summed E-state index contributed by atoms with van der Waals surface area (Å²) in [6, 6.07) is 8.63. The molecule has 0 aromatic heterocycles. The first-order chi connectivity index (χ1) is 11.5. The predicted octanol–water partition coefficient (Wildman–Crippen LogP) is 3.62. The van der Waals surface area contributed by atoms with Crippen molar-refractivity contribution in [2.75, 3.05) is 14.2 Å². The molecule has 0 fully saturated rings. The van der Waals surface area contributed by atoms with Crippen molar-refractivity contribution in [1.82, 2.24) is 0 Å². The molecule has 126 valence electrons. The zero-order valence-electron chi connectivity index (χ0n) is 12.9. The Morgan fingerprint density at radius 3 is 2.54 bits per heavy atom. The highest BCUT2D eigenvalue weighted by Gasteiger charge is 2.18. The third-order valence-corrected chi connectivity index (χ3v) is 3.56. The number of benzene rings is 2. The number of nitrogens with zero attached hydrogens (tertiary/aromatic N) is 1. The Kier molecular flexibility index (Phi) is 5.59. The molecule has 2 aromatic carbocycles. The Morgan fingerprint density at radius 1 is 1.17 bits per heavy atom. The molecule has 0 radical (unpaired) electrons. The van der Waals surface area contributed by atoms with Gasteiger partial charge in [0.25, 0.3) is 5.69 Å². The molecule has 0 heterocycles. The predicted molar refractivity (Wildman–Crippen MR) is 86.8 cm³/mol. The largest absolute Gasteiger partial charge is 0.497 e. The molecule has 0 N–H and O–H groups in total. The summed E-state index contributed by atoms with van der Waals surface area (Å²) in [7, 11) is 3.00. The average molecular weight is 352 g/mol. The van der Waals surface area contributed by atoms with Gasteiger partial charge in [0.1, 0.15) is 18.1 Å². The number of carbonyl (C=O) groups is 1. The zero-order valence-corrected chi connectivity index (χ0v) is 13.7. The van der Waals surface area contributed by atoms with Crippen LogP contribution in [0.25, 0.3) is 0 Å². The molecule has 0 unspecified atom stereocenters. The van der Waals surface area contributed by atoms with Crippen molar-refractivity contribution in [3.05, 3.63) is 62.7 Å². The maximum atomic E-state index is 12.2. The topological polar surface area (TPSA) is 87.9 Å². The number of methoxy groups -OCH3 is 2. The number of esters is 1. The number of halogens is 1. The smallest absolute Gasteiger partial charge is 0.340 e. The molecule has 2 aromatic rings. The van der Waals surface area contributed by atoms with E-state index in [0.717, 1.165) is 6.07 Å². The molecule has 0 aliphatic carbocycles. The van der Waals surface area contributed by atoms with E-state index >= 15 is 0 Å². The monoisotopic (exact) mass is 351 g/mol. The number of non-ortho nitro benzene ring substituents is 1. The summed E-state index contributed by atoms with van der Waals surface area (Å²) in [6.07, 6.45) is 0. The second-order valence-electron chi connectivity index (χ2n) is 4.68. The minimum atomic E-state index is -0.770. The molecule has 0 aliphatic heterocycles. The van der Waals surface area contributed by atoms with Gasteiger partial charge in [0.2, 0.25) is 0 Å². The molecular formula is C16H14ClNO6. The van der Waals surface area contributed by atoms with E-state index in [-0.39, 0.29) is 22.9 Å². The number of nitro benzene ring substituents is 1. The van der Waals surface area contributed by atoms with E-state index in [4.69, 9.17) is 25.8 Å². The van der Waals surface area contributed by atoms with E-state index < -0.39 is 10.9 Å². The van der Waals surface area contributed by atoms with Crippen LogP contribution >= 0.6 is 11.6 Å². The van der Waals surface area contributed by atoms with Crippen LogP contribution in [0.2, 0.25) is 5.02 Å². The van der Waals surface area contributed by atoms with E-state index in [1.807, 2.05) is 0 Å². The van der Waals surface area contributed by atoms with Gasteiger partial charge in [-0.1, -0.05) is 11.6 Å². The Bertz CT molecular complexity index is 777. The fraction of sp³-hybridized carbons (Fsp3) is 0.188. The third-order valence-electron chi connectivity index (χ3n) is 3.23. The van der Waals surface area contributed by atoms with Crippen LogP contribution in [-0.4, -0.2) is 25.1 Å². The standard InChI is InChI=1S/C16H14ClNO6/c1-22-12-4-6-15(23-2)10(7-12)9-24-16(19)13-8-11(18(20)21)3-5-14(13)17/h3-8H,9H2,1-2H3. The average Bonchev–Trinajstić information content (AvgIpc) is 2.59. The van der Waals surface area contributed by atoms with Crippen LogP contribution in [0.3, 0.4) is 0 Å². The number of nitro groups is 1. The fourth-order valence-electron chi connectivity index (χ4n) is 2.00. The number of rotatable bonds is 6. The summed E-state index contributed by atoms with van der Waals surface area (Å²) < 4.78 is 15.5. The van der Waals surface area contributed by atoms with Crippen molar-refractivity contribution in [2.24, 2.45) is 0 Å². The van der Waals surface area contributed by atoms with Gasteiger partial charge >= 0.3 is 5.97 Å². The first kappa shape index (κ1) is 17.6. The summed E-state index contributed by atoms with van der Waals surface area (Å²) in [6.45, 7) is -0.0990. The lowest BCUT2D eigenvalue weighted by molar-refractivity contribution is -0.384. The maximum absolute atomic E-state index is 12.2. The Balaban J connectivity index is 2.19. The lowest BCUT2D eigenvalue weighted by Gasteiger charge is -2.11. The van der Waals surface area contributed by atoms with Gasteiger partial charge in [-0.05, 0) is 24.3 Å². The maximum Gasteiger partial charge on any atom is 0.340 e. The van der Waals surface area contributed by atoms with Crippen LogP contribution in [-0.2, 0) is 11.3 Å². The Hall–Kier alpha value is -2.80. The molecule has 0 bridgehead atoms. The zero-order chi connectivity index (χ0) is 17.7. The number of carbonyl (C=O) groups excluding carboxylic acids is 1. The fourth-order valence-corrected chi connectivity index (χ4v) is 2.19. The normalized spacial score (nSPS) is 10.1. The van der Waals surface area contributed by atoms with Crippen molar-refractivity contribution < 1.29 is 23.9 Å². The van der Waals surface area contributed by atoms with Crippen LogP contribution in [0.4, 0.5) is 5.69 Å². The lowest BCUT2D eigenvalue weighted by atomic mass is 10.2. The molecule has 24 heavy (non-hydrogen) atoms. The minimum absolute atomic E-state index is 0.0724. The van der Waals surface area contributed by atoms with E-state index in [1.54, 1.807) is 18.2 Å². The SMILES string of the molecule is COc1ccc(OC)c(COC(=O)c2cc([N+](=O)[O-])ccc2Cl)c1. The molecule has 0 saturated carbocycles. The summed E-state index contributed by atoms with van der Waals surface area (Å²) in [4.78, 5) is 22.4. The molecule has 0 saturated heterocycles. The van der Waals surface area contributed by atoms with Gasteiger partial charge in [-0.3, -0.25) is 10.1 Å². The van der Waals surface area contributed by atoms with E-state index in [1.165, 1.54) is 26.4 Å². The molecular weight excluding hydrogens is 338 g/mol. The number of ether oxygens (including phenoxy) is 3.